The van der Waals surface area contributed by atoms with E-state index in [2.05, 4.69) is 10.2 Å². The molecule has 0 spiro atoms. The zero-order valence-electron chi connectivity index (χ0n) is 15.4. The van der Waals surface area contributed by atoms with Crippen LogP contribution in [0.5, 0.6) is 0 Å². The third-order valence-corrected chi connectivity index (χ3v) is 4.66. The van der Waals surface area contributed by atoms with Gasteiger partial charge in [0.05, 0.1) is 24.5 Å². The molecule has 3 rings (SSSR count). The molecule has 26 heavy (non-hydrogen) atoms. The predicted octanol–water partition coefficient (Wildman–Crippen LogP) is 1.95. The van der Waals surface area contributed by atoms with Gasteiger partial charge in [0.2, 0.25) is 5.91 Å². The molecule has 0 radical (unpaired) electrons. The Morgan fingerprint density at radius 1 is 1.42 bits per heavy atom. The van der Waals surface area contributed by atoms with Crippen LogP contribution < -0.4 is 0 Å². The minimum Gasteiger partial charge on any atom is -0.378 e. The van der Waals surface area contributed by atoms with Crippen LogP contribution in [0.2, 0.25) is 0 Å². The van der Waals surface area contributed by atoms with Gasteiger partial charge in [-0.05, 0) is 24.1 Å². The van der Waals surface area contributed by atoms with Gasteiger partial charge in [0.25, 0.3) is 5.91 Å². The third kappa shape index (κ3) is 3.48. The first-order valence-corrected chi connectivity index (χ1v) is 8.71. The van der Waals surface area contributed by atoms with Crippen molar-refractivity contribution in [2.45, 2.75) is 39.1 Å². The van der Waals surface area contributed by atoms with Crippen molar-refractivity contribution in [2.24, 2.45) is 0 Å². The highest BCUT2D eigenvalue weighted by atomic mass is 16.5. The number of nitrogens with zero attached hydrogens (tertiary/aromatic N) is 3. The van der Waals surface area contributed by atoms with E-state index < -0.39 is 6.04 Å². The summed E-state index contributed by atoms with van der Waals surface area (Å²) in [6.07, 6.45) is 0.570. The number of rotatable bonds is 7. The topological polar surface area (TPSA) is 78.5 Å². The first-order chi connectivity index (χ1) is 12.5. The monoisotopic (exact) mass is 356 g/mol. The molecule has 1 aromatic carbocycles. The Kier molecular flexibility index (Phi) is 5.37. The van der Waals surface area contributed by atoms with Gasteiger partial charge in [-0.2, -0.15) is 5.10 Å². The van der Waals surface area contributed by atoms with Crippen LogP contribution in [0.25, 0.3) is 0 Å². The summed E-state index contributed by atoms with van der Waals surface area (Å²) in [7, 11) is 3.36. The fourth-order valence-corrected chi connectivity index (χ4v) is 3.36. The number of aromatic nitrogens is 2. The van der Waals surface area contributed by atoms with E-state index >= 15 is 0 Å². The van der Waals surface area contributed by atoms with Crippen molar-refractivity contribution < 1.29 is 14.3 Å². The third-order valence-electron chi connectivity index (χ3n) is 4.66. The molecule has 2 amide bonds. The summed E-state index contributed by atoms with van der Waals surface area (Å²) < 4.78 is 5.05. The number of hydrogen-bond acceptors (Lipinski definition) is 4. The number of nitrogens with one attached hydrogen (secondary N) is 1. The van der Waals surface area contributed by atoms with E-state index in [0.717, 1.165) is 17.0 Å². The largest absolute Gasteiger partial charge is 0.378 e. The molecule has 1 aliphatic rings. The van der Waals surface area contributed by atoms with Crippen LogP contribution in [0, 0.1) is 0 Å². The second-order valence-electron chi connectivity index (χ2n) is 6.53. The van der Waals surface area contributed by atoms with Crippen molar-refractivity contribution in [2.75, 3.05) is 14.2 Å². The molecule has 1 atom stereocenters. The molecule has 0 saturated heterocycles. The molecule has 1 aromatic heterocycles. The van der Waals surface area contributed by atoms with Gasteiger partial charge in [0, 0.05) is 26.3 Å². The Bertz CT molecular complexity index is 802. The van der Waals surface area contributed by atoms with Crippen LogP contribution in [-0.2, 0) is 29.2 Å². The molecule has 1 aliphatic heterocycles. The number of carbonyl (C=O) groups is 2. The number of methoxy groups -OCH3 is 1. The van der Waals surface area contributed by atoms with E-state index in [-0.39, 0.29) is 11.8 Å². The number of H-pyrrole nitrogens is 1. The zero-order chi connectivity index (χ0) is 18.7. The summed E-state index contributed by atoms with van der Waals surface area (Å²) >= 11 is 0. The number of ether oxygens (including phenoxy) is 1. The van der Waals surface area contributed by atoms with E-state index in [0.29, 0.717) is 31.7 Å². The Labute approximate surface area is 152 Å². The van der Waals surface area contributed by atoms with Crippen LogP contribution in [0.15, 0.2) is 30.3 Å². The van der Waals surface area contributed by atoms with Gasteiger partial charge in [0.1, 0.15) is 6.04 Å². The van der Waals surface area contributed by atoms with Gasteiger partial charge in [0.15, 0.2) is 0 Å². The van der Waals surface area contributed by atoms with Crippen molar-refractivity contribution in [1.82, 2.24) is 20.0 Å². The summed E-state index contributed by atoms with van der Waals surface area (Å²) in [4.78, 5) is 29.0. The summed E-state index contributed by atoms with van der Waals surface area (Å²) in [5.41, 5.74) is 3.29. The number of benzene rings is 1. The first kappa shape index (κ1) is 18.1. The van der Waals surface area contributed by atoms with Gasteiger partial charge in [-0.25, -0.2) is 0 Å². The quantitative estimate of drug-likeness (QED) is 0.822. The van der Waals surface area contributed by atoms with Crippen molar-refractivity contribution in [3.05, 3.63) is 52.8 Å². The molecular weight excluding hydrogens is 332 g/mol. The lowest BCUT2D eigenvalue weighted by molar-refractivity contribution is -0.135. The number of hydrogen-bond donors (Lipinski definition) is 1. The molecule has 7 heteroatoms. The van der Waals surface area contributed by atoms with Crippen LogP contribution in [0.4, 0.5) is 0 Å². The van der Waals surface area contributed by atoms with Crippen LogP contribution in [0.1, 0.15) is 40.7 Å². The SMILES string of the molecule is CC[C@@H](C(=O)N(C)Cc1cc(COC)n[nH]1)N1Cc2ccccc2C1=O. The van der Waals surface area contributed by atoms with E-state index in [4.69, 9.17) is 4.74 Å². The van der Waals surface area contributed by atoms with Crippen molar-refractivity contribution >= 4 is 11.8 Å². The first-order valence-electron chi connectivity index (χ1n) is 8.71. The van der Waals surface area contributed by atoms with Crippen molar-refractivity contribution in [1.29, 1.82) is 0 Å². The lowest BCUT2D eigenvalue weighted by Gasteiger charge is -2.29. The van der Waals surface area contributed by atoms with Gasteiger partial charge in [-0.1, -0.05) is 25.1 Å². The molecule has 0 fully saturated rings. The molecule has 0 unspecified atom stereocenters. The maximum Gasteiger partial charge on any atom is 0.255 e. The van der Waals surface area contributed by atoms with Crippen molar-refractivity contribution in [3.8, 4) is 0 Å². The highest BCUT2D eigenvalue weighted by molar-refractivity contribution is 6.01. The van der Waals surface area contributed by atoms with E-state index in [1.807, 2.05) is 37.3 Å². The average Bonchev–Trinajstić information content (AvgIpc) is 3.21. The van der Waals surface area contributed by atoms with E-state index in [1.54, 1.807) is 24.0 Å². The van der Waals surface area contributed by atoms with Crippen LogP contribution in [0.3, 0.4) is 0 Å². The molecule has 1 N–H and O–H groups in total. The van der Waals surface area contributed by atoms with Crippen molar-refractivity contribution in [3.63, 3.8) is 0 Å². The smallest absolute Gasteiger partial charge is 0.255 e. The normalized spacial score (nSPS) is 14.4. The maximum absolute atomic E-state index is 13.0. The fraction of sp³-hybridized carbons (Fsp3) is 0.421. The summed E-state index contributed by atoms with van der Waals surface area (Å²) in [6.45, 7) is 3.24. The molecular formula is C19H24N4O3. The second-order valence-corrected chi connectivity index (χ2v) is 6.53. The van der Waals surface area contributed by atoms with E-state index in [9.17, 15) is 9.59 Å². The Balaban J connectivity index is 1.69. The minimum absolute atomic E-state index is 0.0712. The minimum atomic E-state index is -0.471. The maximum atomic E-state index is 13.0. The summed E-state index contributed by atoms with van der Waals surface area (Å²) in [5, 5.41) is 7.07. The highest BCUT2D eigenvalue weighted by Gasteiger charge is 2.36. The van der Waals surface area contributed by atoms with Gasteiger partial charge in [-0.3, -0.25) is 14.7 Å². The van der Waals surface area contributed by atoms with Gasteiger partial charge >= 0.3 is 0 Å². The lowest BCUT2D eigenvalue weighted by Crippen LogP contribution is -2.47. The number of likely N-dealkylation sites (N-methyl/N-ethyl adjacent to an activating group) is 1. The summed E-state index contributed by atoms with van der Waals surface area (Å²) in [5.74, 6) is -0.144. The number of carbonyl (C=O) groups excluding carboxylic acids is 2. The number of fused-ring (bicyclic) bond motifs is 1. The fourth-order valence-electron chi connectivity index (χ4n) is 3.36. The lowest BCUT2D eigenvalue weighted by atomic mass is 10.1. The molecule has 7 nitrogen and oxygen atoms in total. The molecule has 138 valence electrons. The Hall–Kier alpha value is -2.67. The Morgan fingerprint density at radius 2 is 2.19 bits per heavy atom. The highest BCUT2D eigenvalue weighted by Crippen LogP contribution is 2.26. The van der Waals surface area contributed by atoms with Crippen LogP contribution >= 0.6 is 0 Å². The molecule has 0 bridgehead atoms. The van der Waals surface area contributed by atoms with Gasteiger partial charge < -0.3 is 14.5 Å². The van der Waals surface area contributed by atoms with Crippen LogP contribution in [-0.4, -0.2) is 52.0 Å². The second kappa shape index (κ2) is 7.70. The molecule has 2 aromatic rings. The average molecular weight is 356 g/mol. The molecule has 0 aliphatic carbocycles. The predicted molar refractivity (Wildman–Crippen MR) is 96.2 cm³/mol. The Morgan fingerprint density at radius 3 is 2.88 bits per heavy atom. The summed E-state index contributed by atoms with van der Waals surface area (Å²) in [6, 6.07) is 8.94. The van der Waals surface area contributed by atoms with Gasteiger partial charge in [-0.15, -0.1) is 0 Å². The zero-order valence-corrected chi connectivity index (χ0v) is 15.4. The standard InChI is InChI=1S/C19H24N4O3/c1-4-17(23-10-13-7-5-6-8-16(13)18(23)24)19(25)22(2)11-14-9-15(12-26-3)21-20-14/h5-9,17H,4,10-12H2,1-3H3,(H,20,21)/t17-/m0/s1. The molecule has 2 heterocycles. The molecule has 0 saturated carbocycles. The number of amides is 2. The number of aromatic amines is 1. The van der Waals surface area contributed by atoms with E-state index in [1.165, 1.54) is 0 Å².